The molecule has 0 radical (unpaired) electrons. The number of hydrogen-bond donors (Lipinski definition) is 3. The lowest BCUT2D eigenvalue weighted by Crippen LogP contribution is -2.19. The Balaban J connectivity index is 1.60. The Kier molecular flexibility index (Phi) is 5.13. The molecule has 0 saturated carbocycles. The second kappa shape index (κ2) is 7.65. The summed E-state index contributed by atoms with van der Waals surface area (Å²) in [5, 5.41) is 13.2. The maximum Gasteiger partial charge on any atom is 0.324 e. The minimum Gasteiger partial charge on any atom is -0.494 e. The van der Waals surface area contributed by atoms with E-state index in [1.54, 1.807) is 12.1 Å². The quantitative estimate of drug-likeness (QED) is 0.590. The van der Waals surface area contributed by atoms with Gasteiger partial charge < -0.3 is 10.1 Å². The number of rotatable bonds is 6. The van der Waals surface area contributed by atoms with Gasteiger partial charge in [-0.15, -0.1) is 0 Å². The Morgan fingerprint density at radius 1 is 1.16 bits per heavy atom. The van der Waals surface area contributed by atoms with Gasteiger partial charge >= 0.3 is 6.03 Å². The molecule has 1 aromatic carbocycles. The van der Waals surface area contributed by atoms with Crippen LogP contribution in [0.3, 0.4) is 0 Å². The predicted octanol–water partition coefficient (Wildman–Crippen LogP) is 4.09. The number of carbonyl (C=O) groups is 1. The van der Waals surface area contributed by atoms with E-state index in [0.29, 0.717) is 23.8 Å². The number of unbranched alkanes of at least 4 members (excludes halogenated alkanes) is 1. The number of pyridine rings is 1. The molecule has 3 rings (SSSR count). The molecule has 2 aromatic heterocycles. The first-order chi connectivity index (χ1) is 12.2. The molecule has 0 saturated heterocycles. The average molecular weight is 339 g/mol. The van der Waals surface area contributed by atoms with E-state index >= 15 is 0 Å². The topological polar surface area (TPSA) is 91.9 Å². The van der Waals surface area contributed by atoms with Crippen molar-refractivity contribution in [3.63, 3.8) is 0 Å². The molecule has 0 unspecified atom stereocenters. The summed E-state index contributed by atoms with van der Waals surface area (Å²) in [7, 11) is 0. The molecule has 0 bridgehead atoms. The van der Waals surface area contributed by atoms with E-state index in [1.807, 2.05) is 31.2 Å². The largest absolute Gasteiger partial charge is 0.494 e. The van der Waals surface area contributed by atoms with Crippen LogP contribution in [0.2, 0.25) is 0 Å². The minimum atomic E-state index is -0.367. The lowest BCUT2D eigenvalue weighted by molar-refractivity contribution is 0.262. The summed E-state index contributed by atoms with van der Waals surface area (Å²) < 4.78 is 5.60. The zero-order chi connectivity index (χ0) is 17.6. The number of H-pyrrole nitrogens is 1. The number of urea groups is 1. The summed E-state index contributed by atoms with van der Waals surface area (Å²) in [4.78, 5) is 16.5. The van der Waals surface area contributed by atoms with Crippen LogP contribution in [0.15, 0.2) is 36.4 Å². The molecular weight excluding hydrogens is 318 g/mol. The molecule has 3 aromatic rings. The van der Waals surface area contributed by atoms with Gasteiger partial charge in [-0.2, -0.15) is 5.10 Å². The number of nitrogens with zero attached hydrogens (tertiary/aromatic N) is 2. The van der Waals surface area contributed by atoms with Crippen LogP contribution in [-0.4, -0.2) is 27.8 Å². The fourth-order valence-electron chi connectivity index (χ4n) is 2.34. The van der Waals surface area contributed by atoms with Gasteiger partial charge in [0.05, 0.1) is 12.0 Å². The molecule has 7 nitrogen and oxygen atoms in total. The number of aromatic nitrogens is 3. The fraction of sp³-hybridized carbons (Fsp3) is 0.278. The molecule has 0 aliphatic heterocycles. The maximum absolute atomic E-state index is 12.2. The zero-order valence-electron chi connectivity index (χ0n) is 14.3. The molecule has 2 amide bonds. The second-order valence-electron chi connectivity index (χ2n) is 5.73. The standard InChI is InChI=1S/C18H21N5O2/c1-3-4-11-25-14-8-6-13(7-9-14)20-18(24)21-17-15-10-5-12(2)19-16(15)22-23-17/h5-10H,3-4,11H2,1-2H3,(H3,19,20,21,22,23,24). The van der Waals surface area contributed by atoms with Gasteiger partial charge in [-0.3, -0.25) is 10.4 Å². The summed E-state index contributed by atoms with van der Waals surface area (Å²) in [6.07, 6.45) is 2.12. The van der Waals surface area contributed by atoms with Gasteiger partial charge in [0.15, 0.2) is 11.5 Å². The molecule has 0 fully saturated rings. The number of fused-ring (bicyclic) bond motifs is 1. The van der Waals surface area contributed by atoms with Crippen LogP contribution in [-0.2, 0) is 0 Å². The lowest BCUT2D eigenvalue weighted by atomic mass is 10.3. The normalized spacial score (nSPS) is 10.6. The van der Waals surface area contributed by atoms with Crippen LogP contribution in [0.25, 0.3) is 11.0 Å². The molecule has 7 heteroatoms. The van der Waals surface area contributed by atoms with Crippen molar-refractivity contribution in [2.24, 2.45) is 0 Å². The van der Waals surface area contributed by atoms with Crippen LogP contribution >= 0.6 is 0 Å². The first kappa shape index (κ1) is 16.8. The third kappa shape index (κ3) is 4.26. The number of amides is 2. The number of hydrogen-bond acceptors (Lipinski definition) is 4. The monoisotopic (exact) mass is 339 g/mol. The minimum absolute atomic E-state index is 0.367. The molecule has 2 heterocycles. The number of nitrogens with one attached hydrogen (secondary N) is 3. The highest BCUT2D eigenvalue weighted by atomic mass is 16.5. The Morgan fingerprint density at radius 3 is 2.72 bits per heavy atom. The van der Waals surface area contributed by atoms with E-state index in [4.69, 9.17) is 4.74 Å². The first-order valence-electron chi connectivity index (χ1n) is 8.28. The number of benzene rings is 1. The summed E-state index contributed by atoms with van der Waals surface area (Å²) in [5.74, 6) is 1.23. The molecular formula is C18H21N5O2. The molecule has 3 N–H and O–H groups in total. The van der Waals surface area contributed by atoms with Gasteiger partial charge in [0.25, 0.3) is 0 Å². The van der Waals surface area contributed by atoms with Gasteiger partial charge in [0.1, 0.15) is 5.75 Å². The van der Waals surface area contributed by atoms with Gasteiger partial charge in [0.2, 0.25) is 0 Å². The highest BCUT2D eigenvalue weighted by molar-refractivity contribution is 6.03. The van der Waals surface area contributed by atoms with Gasteiger partial charge in [0, 0.05) is 11.4 Å². The molecule has 0 aliphatic carbocycles. The zero-order valence-corrected chi connectivity index (χ0v) is 14.3. The van der Waals surface area contributed by atoms with Crippen LogP contribution in [0.5, 0.6) is 5.75 Å². The lowest BCUT2D eigenvalue weighted by Gasteiger charge is -2.08. The van der Waals surface area contributed by atoms with E-state index in [9.17, 15) is 4.79 Å². The van der Waals surface area contributed by atoms with Crippen LogP contribution in [0, 0.1) is 6.92 Å². The number of aromatic amines is 1. The van der Waals surface area contributed by atoms with Crippen LogP contribution in [0.4, 0.5) is 16.3 Å². The fourth-order valence-corrected chi connectivity index (χ4v) is 2.34. The Hall–Kier alpha value is -3.09. The third-order valence-electron chi connectivity index (χ3n) is 3.67. The van der Waals surface area contributed by atoms with Crippen molar-refractivity contribution in [2.45, 2.75) is 26.7 Å². The van der Waals surface area contributed by atoms with E-state index in [-0.39, 0.29) is 6.03 Å². The molecule has 25 heavy (non-hydrogen) atoms. The van der Waals surface area contributed by atoms with E-state index in [1.165, 1.54) is 0 Å². The predicted molar refractivity (Wildman–Crippen MR) is 98.1 cm³/mol. The van der Waals surface area contributed by atoms with Crippen molar-refractivity contribution in [1.82, 2.24) is 15.2 Å². The maximum atomic E-state index is 12.2. The van der Waals surface area contributed by atoms with Crippen molar-refractivity contribution in [2.75, 3.05) is 17.2 Å². The molecule has 0 spiro atoms. The van der Waals surface area contributed by atoms with E-state index < -0.39 is 0 Å². The molecule has 0 aliphatic rings. The Labute approximate surface area is 145 Å². The van der Waals surface area contributed by atoms with E-state index in [0.717, 1.165) is 29.7 Å². The third-order valence-corrected chi connectivity index (χ3v) is 3.67. The summed E-state index contributed by atoms with van der Waals surface area (Å²) in [5.41, 5.74) is 2.20. The number of carbonyl (C=O) groups excluding carboxylic acids is 1. The highest BCUT2D eigenvalue weighted by Gasteiger charge is 2.10. The number of anilines is 2. The Bertz CT molecular complexity index is 858. The number of ether oxygens (including phenoxy) is 1. The smallest absolute Gasteiger partial charge is 0.324 e. The van der Waals surface area contributed by atoms with Gasteiger partial charge in [-0.05, 0) is 49.7 Å². The van der Waals surface area contributed by atoms with Gasteiger partial charge in [-0.25, -0.2) is 9.78 Å². The average Bonchev–Trinajstić information content (AvgIpc) is 2.98. The summed E-state index contributed by atoms with van der Waals surface area (Å²) in [6.45, 7) is 4.72. The van der Waals surface area contributed by atoms with E-state index in [2.05, 4.69) is 32.7 Å². The van der Waals surface area contributed by atoms with Crippen LogP contribution in [0.1, 0.15) is 25.5 Å². The van der Waals surface area contributed by atoms with Crippen LogP contribution < -0.4 is 15.4 Å². The second-order valence-corrected chi connectivity index (χ2v) is 5.73. The van der Waals surface area contributed by atoms with Crippen molar-refractivity contribution in [3.05, 3.63) is 42.1 Å². The van der Waals surface area contributed by atoms with Crippen molar-refractivity contribution >= 4 is 28.6 Å². The molecule has 0 atom stereocenters. The van der Waals surface area contributed by atoms with Crippen molar-refractivity contribution < 1.29 is 9.53 Å². The van der Waals surface area contributed by atoms with Crippen molar-refractivity contribution in [3.8, 4) is 5.75 Å². The van der Waals surface area contributed by atoms with Gasteiger partial charge in [-0.1, -0.05) is 13.3 Å². The summed E-state index contributed by atoms with van der Waals surface area (Å²) >= 11 is 0. The molecule has 130 valence electrons. The summed E-state index contributed by atoms with van der Waals surface area (Å²) in [6, 6.07) is 10.7. The number of aryl methyl sites for hydroxylation is 1. The highest BCUT2D eigenvalue weighted by Crippen LogP contribution is 2.20. The Morgan fingerprint density at radius 2 is 1.96 bits per heavy atom. The van der Waals surface area contributed by atoms with Crippen molar-refractivity contribution in [1.29, 1.82) is 0 Å². The first-order valence-corrected chi connectivity index (χ1v) is 8.28. The SMILES string of the molecule is CCCCOc1ccc(NC(=O)Nc2n[nH]c3nc(C)ccc23)cc1.